The summed E-state index contributed by atoms with van der Waals surface area (Å²) in [6.07, 6.45) is 16.8. The Kier molecular flexibility index (Phi) is 18.7. The summed E-state index contributed by atoms with van der Waals surface area (Å²) in [7, 11) is -4.57. The Morgan fingerprint density at radius 1 is 0.968 bits per heavy atom. The predicted octanol–water partition coefficient (Wildman–Crippen LogP) is 9.59. The van der Waals surface area contributed by atoms with Crippen molar-refractivity contribution in [1.82, 2.24) is 24.6 Å². The highest BCUT2D eigenvalue weighted by molar-refractivity contribution is 7.52. The quantitative estimate of drug-likeness (QED) is 0.0190. The molecule has 0 unspecified atom stereocenters. The number of unbranched alkanes of at least 4 members (excludes halogenated alkanes) is 8. The van der Waals surface area contributed by atoms with Crippen LogP contribution in [-0.4, -0.2) is 61.9 Å². The van der Waals surface area contributed by atoms with E-state index in [1.165, 1.54) is 43.0 Å². The lowest BCUT2D eigenvalue weighted by Crippen LogP contribution is -2.46. The summed E-state index contributed by atoms with van der Waals surface area (Å²) < 4.78 is 61.9. The van der Waals surface area contributed by atoms with Crippen LogP contribution in [0.15, 0.2) is 67.0 Å². The molecule has 336 valence electrons. The van der Waals surface area contributed by atoms with E-state index in [1.807, 2.05) is 44.2 Å². The molecule has 3 heterocycles. The number of hydrogen-bond acceptors (Lipinski definition) is 12. The molecule has 0 radical (unpaired) electrons. The number of aromatic nitrogens is 4. The van der Waals surface area contributed by atoms with E-state index in [0.717, 1.165) is 37.7 Å². The molecule has 5 atom stereocenters. The Hall–Kier alpha value is -4.87. The van der Waals surface area contributed by atoms with Gasteiger partial charge in [0.05, 0.1) is 6.33 Å². The number of carbonyl (C=O) groups is 2. The van der Waals surface area contributed by atoms with Gasteiger partial charge in [-0.05, 0) is 43.4 Å². The number of nitrogens with two attached hydrogens (primary N) is 1. The number of carbonyl (C=O) groups excluding carboxylic acids is 2. The maximum atomic E-state index is 15.1. The van der Waals surface area contributed by atoms with Gasteiger partial charge in [0.15, 0.2) is 22.6 Å². The van der Waals surface area contributed by atoms with Crippen LogP contribution in [0.3, 0.4) is 0 Å². The summed E-state index contributed by atoms with van der Waals surface area (Å²) in [6.45, 7) is 5.59. The summed E-state index contributed by atoms with van der Waals surface area (Å²) in [5, 5.41) is 2.89. The first-order valence-electron chi connectivity index (χ1n) is 22.0. The van der Waals surface area contributed by atoms with Crippen LogP contribution in [0.4, 0.5) is 10.2 Å². The number of esters is 2. The molecule has 16 heteroatoms. The molecule has 14 nitrogen and oxygen atoms in total. The standard InChI is InChI=1S/C46H62FN6O8P/c1-5-9-10-11-12-13-14-15-22-29-40(54)59-38-31-39(53-33-49-41-42(48)50-45(47)51-43(41)53)60-46(38,8-4)32-57-62(56,61-36-27-20-17-21-28-36)52-37(30-34-25-18-16-19-26-34)44(55)58-35(23-6-2)24-7-3/h4,16-21,25-28,33,35,37-39H,5-7,9-15,22-24,29-32H2,1-3H3,(H,52,56)(H2,48,50,51)/t37-,38-,39+,46+,62-/m0/s1. The van der Waals surface area contributed by atoms with Crippen LogP contribution in [0, 0.1) is 18.4 Å². The minimum absolute atomic E-state index is 0.0278. The van der Waals surface area contributed by atoms with Crippen molar-refractivity contribution in [3.8, 4) is 18.1 Å². The fourth-order valence-electron chi connectivity index (χ4n) is 7.53. The van der Waals surface area contributed by atoms with E-state index in [0.29, 0.717) is 19.3 Å². The Morgan fingerprint density at radius 2 is 1.61 bits per heavy atom. The van der Waals surface area contributed by atoms with Gasteiger partial charge in [-0.2, -0.15) is 19.4 Å². The summed E-state index contributed by atoms with van der Waals surface area (Å²) >= 11 is 0. The van der Waals surface area contributed by atoms with Crippen LogP contribution in [0.2, 0.25) is 0 Å². The molecule has 1 aliphatic heterocycles. The van der Waals surface area contributed by atoms with Crippen molar-refractivity contribution in [2.75, 3.05) is 12.3 Å². The lowest BCUT2D eigenvalue weighted by atomic mass is 9.98. The molecule has 3 N–H and O–H groups in total. The largest absolute Gasteiger partial charge is 0.461 e. The Morgan fingerprint density at radius 3 is 2.26 bits per heavy atom. The lowest BCUT2D eigenvalue weighted by molar-refractivity contribution is -0.158. The van der Waals surface area contributed by atoms with Crippen LogP contribution in [0.25, 0.3) is 11.2 Å². The van der Waals surface area contributed by atoms with Crippen molar-refractivity contribution >= 4 is 36.7 Å². The third-order valence-corrected chi connectivity index (χ3v) is 12.4. The number of terminal acetylenes is 1. The number of benzene rings is 2. The zero-order valence-corrected chi connectivity index (χ0v) is 37.1. The van der Waals surface area contributed by atoms with Gasteiger partial charge in [-0.3, -0.25) is 18.7 Å². The SMILES string of the molecule is C#C[C@]1(CO[P@@](=O)(N[C@@H](Cc2ccccc2)C(=O)OC(CCC)CCC)Oc2ccccc2)O[C@@H](n2cnc3c(N)nc(F)nc32)C[C@@H]1OC(=O)CCCCCCCCCCC. The first-order chi connectivity index (χ1) is 30.0. The zero-order chi connectivity index (χ0) is 44.4. The normalized spacial score (nSPS) is 18.9. The molecule has 0 spiro atoms. The second-order valence-corrected chi connectivity index (χ2v) is 17.5. The molecule has 2 aromatic carbocycles. The van der Waals surface area contributed by atoms with Gasteiger partial charge < -0.3 is 24.5 Å². The van der Waals surface area contributed by atoms with E-state index < -0.39 is 56.3 Å². The molecule has 0 amide bonds. The number of hydrogen-bond donors (Lipinski definition) is 2. The van der Waals surface area contributed by atoms with Gasteiger partial charge in [-0.15, -0.1) is 6.42 Å². The molecule has 1 saturated heterocycles. The van der Waals surface area contributed by atoms with Gasteiger partial charge in [0.1, 0.15) is 36.8 Å². The Bertz CT molecular complexity index is 2100. The summed E-state index contributed by atoms with van der Waals surface area (Å²) in [5.41, 5.74) is 5.01. The van der Waals surface area contributed by atoms with Crippen molar-refractivity contribution in [1.29, 1.82) is 0 Å². The second kappa shape index (κ2) is 24.1. The maximum Gasteiger partial charge on any atom is 0.459 e. The number of imidazole rings is 1. The van der Waals surface area contributed by atoms with Gasteiger partial charge in [-0.1, -0.05) is 139 Å². The Labute approximate surface area is 364 Å². The number of nitrogen functional groups attached to an aromatic ring is 1. The molecule has 2 aromatic heterocycles. The topological polar surface area (TPSA) is 179 Å². The van der Waals surface area contributed by atoms with Crippen LogP contribution in [-0.2, 0) is 39.3 Å². The number of fused-ring (bicyclic) bond motifs is 1. The van der Waals surface area contributed by atoms with Crippen LogP contribution >= 0.6 is 7.75 Å². The minimum Gasteiger partial charge on any atom is -0.461 e. The average Bonchev–Trinajstić information content (AvgIpc) is 3.84. The summed E-state index contributed by atoms with van der Waals surface area (Å²) in [6, 6.07) is 16.4. The van der Waals surface area contributed by atoms with E-state index in [2.05, 4.69) is 32.9 Å². The molecule has 5 rings (SSSR count). The zero-order valence-electron chi connectivity index (χ0n) is 36.2. The van der Waals surface area contributed by atoms with Crippen LogP contribution in [0.1, 0.15) is 129 Å². The third-order valence-electron chi connectivity index (χ3n) is 10.8. The van der Waals surface area contributed by atoms with Gasteiger partial charge in [0.25, 0.3) is 0 Å². The minimum atomic E-state index is -4.57. The van der Waals surface area contributed by atoms with E-state index >= 15 is 4.57 Å². The van der Waals surface area contributed by atoms with Gasteiger partial charge in [-0.25, -0.2) is 9.55 Å². The maximum absolute atomic E-state index is 15.1. The highest BCUT2D eigenvalue weighted by Gasteiger charge is 2.53. The van der Waals surface area contributed by atoms with E-state index in [4.69, 9.17) is 35.4 Å². The van der Waals surface area contributed by atoms with Crippen LogP contribution < -0.4 is 15.3 Å². The van der Waals surface area contributed by atoms with Crippen molar-refractivity contribution in [2.45, 2.75) is 154 Å². The lowest BCUT2D eigenvalue weighted by Gasteiger charge is -2.31. The first kappa shape index (κ1) is 48.2. The number of nitrogens with one attached hydrogen (secondary N) is 1. The number of anilines is 1. The number of nitrogens with zero attached hydrogens (tertiary/aromatic N) is 4. The van der Waals surface area contributed by atoms with Gasteiger partial charge >= 0.3 is 25.8 Å². The predicted molar refractivity (Wildman–Crippen MR) is 235 cm³/mol. The third kappa shape index (κ3) is 13.8. The molecule has 0 saturated carbocycles. The first-order valence-corrected chi connectivity index (χ1v) is 23.6. The molecule has 0 bridgehead atoms. The van der Waals surface area contributed by atoms with Crippen molar-refractivity contribution in [3.05, 3.63) is 78.6 Å². The summed E-state index contributed by atoms with van der Waals surface area (Å²) in [5.74, 6) is 1.49. The summed E-state index contributed by atoms with van der Waals surface area (Å²) in [4.78, 5) is 39.3. The monoisotopic (exact) mass is 876 g/mol. The van der Waals surface area contributed by atoms with Crippen molar-refractivity contribution in [2.24, 2.45) is 0 Å². The average molecular weight is 877 g/mol. The number of ether oxygens (including phenoxy) is 3. The van der Waals surface area contributed by atoms with Gasteiger partial charge in [0.2, 0.25) is 0 Å². The number of halogens is 1. The highest BCUT2D eigenvalue weighted by Crippen LogP contribution is 2.49. The second-order valence-electron chi connectivity index (χ2n) is 15.8. The highest BCUT2D eigenvalue weighted by atomic mass is 31.2. The molecular formula is C46H62FN6O8P. The smallest absolute Gasteiger partial charge is 0.459 e. The van der Waals surface area contributed by atoms with Crippen molar-refractivity contribution < 1.29 is 41.8 Å². The molecule has 62 heavy (non-hydrogen) atoms. The van der Waals surface area contributed by atoms with Crippen LogP contribution in [0.5, 0.6) is 5.75 Å². The van der Waals surface area contributed by atoms with E-state index in [9.17, 15) is 14.0 Å². The van der Waals surface area contributed by atoms with E-state index in [1.54, 1.807) is 30.3 Å². The van der Waals surface area contributed by atoms with Gasteiger partial charge in [0, 0.05) is 12.8 Å². The molecule has 1 fully saturated rings. The number of rotatable bonds is 27. The molecule has 0 aliphatic carbocycles. The fourth-order valence-corrected chi connectivity index (χ4v) is 9.05. The fraction of sp³-hybridized carbons (Fsp3) is 0.543. The Balaban J connectivity index is 1.42. The molecule has 4 aromatic rings. The number of para-hydroxylation sites is 1. The van der Waals surface area contributed by atoms with Crippen molar-refractivity contribution in [3.63, 3.8) is 0 Å². The van der Waals surface area contributed by atoms with E-state index in [-0.39, 0.29) is 48.1 Å². The molecule has 1 aliphatic rings. The molecular weight excluding hydrogens is 815 g/mol.